The molecule has 164 valence electrons. The summed E-state index contributed by atoms with van der Waals surface area (Å²) < 4.78 is 56.3. The molecule has 0 bridgehead atoms. The summed E-state index contributed by atoms with van der Waals surface area (Å²) >= 11 is 0. The summed E-state index contributed by atoms with van der Waals surface area (Å²) in [6.07, 6.45) is -4.95. The van der Waals surface area contributed by atoms with Crippen LogP contribution in [0.4, 0.5) is 23.5 Å². The normalized spacial score (nSPS) is 19.3. The fourth-order valence-corrected chi connectivity index (χ4v) is 3.82. The van der Waals surface area contributed by atoms with Gasteiger partial charge in [-0.05, 0) is 12.1 Å². The lowest BCUT2D eigenvalue weighted by Gasteiger charge is -2.26. The van der Waals surface area contributed by atoms with E-state index in [2.05, 4.69) is 35.9 Å². The van der Waals surface area contributed by atoms with Crippen molar-refractivity contribution in [3.8, 4) is 17.5 Å². The number of rotatable bonds is 3. The number of piperidine rings is 1. The molecule has 0 spiro atoms. The molecule has 4 aromatic heterocycles. The largest absolute Gasteiger partial charge is 0.420 e. The molecule has 0 amide bonds. The van der Waals surface area contributed by atoms with Gasteiger partial charge in [-0.3, -0.25) is 5.10 Å². The molecule has 1 saturated heterocycles. The van der Waals surface area contributed by atoms with Gasteiger partial charge in [0.1, 0.15) is 34.9 Å². The van der Waals surface area contributed by atoms with Gasteiger partial charge in [0.05, 0.1) is 10.9 Å². The van der Waals surface area contributed by atoms with Gasteiger partial charge in [-0.25, -0.2) is 18.9 Å². The number of nitrogens with zero attached hydrogens (tertiary/aromatic N) is 6. The monoisotopic (exact) mass is 445 g/mol. The van der Waals surface area contributed by atoms with Crippen molar-refractivity contribution in [1.82, 2.24) is 35.1 Å². The SMILES string of the molecule is N#Cc1cccc2c3c(-c4nc(N[C@@H]5CNC[C@@H](F)C5)ncc4C(F)(F)F)n[nH]c3nn12. The molecule has 5 heterocycles. The van der Waals surface area contributed by atoms with Crippen molar-refractivity contribution >= 4 is 22.5 Å². The topological polar surface area (TPSA) is 120 Å². The molecule has 0 aromatic carbocycles. The van der Waals surface area contributed by atoms with Gasteiger partial charge in [0.2, 0.25) is 5.95 Å². The number of H-pyrrole nitrogens is 1. The predicted octanol–water partition coefficient (Wildman–Crippen LogP) is 2.67. The fourth-order valence-electron chi connectivity index (χ4n) is 3.82. The number of pyridine rings is 1. The summed E-state index contributed by atoms with van der Waals surface area (Å²) in [4.78, 5) is 7.90. The fraction of sp³-hybridized carbons (Fsp3) is 0.316. The van der Waals surface area contributed by atoms with E-state index in [1.54, 1.807) is 12.1 Å². The Hall–Kier alpha value is -3.79. The Morgan fingerprint density at radius 1 is 1.22 bits per heavy atom. The van der Waals surface area contributed by atoms with Crippen LogP contribution in [-0.2, 0) is 6.18 Å². The Kier molecular flexibility index (Phi) is 4.66. The van der Waals surface area contributed by atoms with E-state index in [-0.39, 0.29) is 42.0 Å². The quantitative estimate of drug-likeness (QED) is 0.415. The van der Waals surface area contributed by atoms with E-state index < -0.39 is 23.6 Å². The van der Waals surface area contributed by atoms with E-state index in [1.807, 2.05) is 6.07 Å². The summed E-state index contributed by atoms with van der Waals surface area (Å²) in [5.74, 6) is -0.0702. The molecule has 0 saturated carbocycles. The maximum atomic E-state index is 13.8. The van der Waals surface area contributed by atoms with Crippen LogP contribution in [0.15, 0.2) is 24.4 Å². The Labute approximate surface area is 177 Å². The molecule has 32 heavy (non-hydrogen) atoms. The number of nitrogens with one attached hydrogen (secondary N) is 3. The molecule has 2 atom stereocenters. The lowest BCUT2D eigenvalue weighted by atomic mass is 10.1. The average Bonchev–Trinajstić information content (AvgIpc) is 3.32. The highest BCUT2D eigenvalue weighted by Gasteiger charge is 2.37. The van der Waals surface area contributed by atoms with E-state index in [0.717, 1.165) is 0 Å². The van der Waals surface area contributed by atoms with Crippen LogP contribution in [0.1, 0.15) is 17.7 Å². The number of halogens is 4. The molecule has 9 nitrogen and oxygen atoms in total. The highest BCUT2D eigenvalue weighted by Crippen LogP contribution is 2.38. The molecule has 0 aliphatic carbocycles. The van der Waals surface area contributed by atoms with Crippen molar-refractivity contribution in [1.29, 1.82) is 5.26 Å². The highest BCUT2D eigenvalue weighted by atomic mass is 19.4. The van der Waals surface area contributed by atoms with E-state index >= 15 is 0 Å². The highest BCUT2D eigenvalue weighted by molar-refractivity contribution is 6.02. The smallest absolute Gasteiger partial charge is 0.350 e. The zero-order chi connectivity index (χ0) is 22.5. The van der Waals surface area contributed by atoms with Crippen LogP contribution in [0.5, 0.6) is 0 Å². The van der Waals surface area contributed by atoms with Crippen molar-refractivity contribution < 1.29 is 17.6 Å². The van der Waals surface area contributed by atoms with Gasteiger partial charge >= 0.3 is 6.18 Å². The van der Waals surface area contributed by atoms with Gasteiger partial charge < -0.3 is 10.6 Å². The van der Waals surface area contributed by atoms with Crippen molar-refractivity contribution in [3.63, 3.8) is 0 Å². The lowest BCUT2D eigenvalue weighted by molar-refractivity contribution is -0.137. The second kappa shape index (κ2) is 7.41. The van der Waals surface area contributed by atoms with E-state index in [9.17, 15) is 22.8 Å². The van der Waals surface area contributed by atoms with Crippen LogP contribution >= 0.6 is 0 Å². The van der Waals surface area contributed by atoms with Crippen LogP contribution in [-0.4, -0.2) is 55.1 Å². The number of anilines is 1. The van der Waals surface area contributed by atoms with Gasteiger partial charge in [0.25, 0.3) is 0 Å². The minimum Gasteiger partial charge on any atom is -0.350 e. The Balaban J connectivity index is 1.66. The third-order valence-electron chi connectivity index (χ3n) is 5.23. The zero-order valence-corrected chi connectivity index (χ0v) is 16.3. The van der Waals surface area contributed by atoms with Crippen LogP contribution in [0.2, 0.25) is 0 Å². The zero-order valence-electron chi connectivity index (χ0n) is 16.3. The molecule has 5 rings (SSSR count). The Morgan fingerprint density at radius 3 is 2.81 bits per heavy atom. The molecule has 0 unspecified atom stereocenters. The van der Waals surface area contributed by atoms with Crippen molar-refractivity contribution in [2.75, 3.05) is 18.4 Å². The van der Waals surface area contributed by atoms with Crippen LogP contribution in [0, 0.1) is 11.3 Å². The molecule has 0 radical (unpaired) electrons. The molecule has 13 heteroatoms. The number of hydrogen-bond donors (Lipinski definition) is 3. The molecule has 1 aliphatic heterocycles. The third kappa shape index (κ3) is 3.38. The first-order valence-electron chi connectivity index (χ1n) is 9.67. The van der Waals surface area contributed by atoms with E-state index in [0.29, 0.717) is 23.6 Å². The van der Waals surface area contributed by atoms with Crippen LogP contribution in [0.3, 0.4) is 0 Å². The summed E-state index contributed by atoms with van der Waals surface area (Å²) in [5.41, 5.74) is -0.768. The van der Waals surface area contributed by atoms with Crippen molar-refractivity contribution in [2.45, 2.75) is 24.8 Å². The number of aromatic amines is 1. The number of alkyl halides is 4. The summed E-state index contributed by atoms with van der Waals surface area (Å²) in [6.45, 7) is 0.653. The molecular formula is C19H15F4N9. The molecule has 1 aliphatic rings. The summed E-state index contributed by atoms with van der Waals surface area (Å²) in [6, 6.07) is 6.38. The molecule has 4 aromatic rings. The molecular weight excluding hydrogens is 430 g/mol. The van der Waals surface area contributed by atoms with Gasteiger partial charge in [-0.1, -0.05) is 6.07 Å². The van der Waals surface area contributed by atoms with Crippen LogP contribution < -0.4 is 10.6 Å². The first-order valence-corrected chi connectivity index (χ1v) is 9.67. The average molecular weight is 445 g/mol. The molecule has 1 fully saturated rings. The van der Waals surface area contributed by atoms with Gasteiger partial charge in [-0.15, -0.1) is 5.10 Å². The first kappa shape index (κ1) is 20.1. The first-order chi connectivity index (χ1) is 15.3. The van der Waals surface area contributed by atoms with Crippen molar-refractivity contribution in [2.24, 2.45) is 0 Å². The van der Waals surface area contributed by atoms with Gasteiger partial charge in [0, 0.05) is 31.7 Å². The van der Waals surface area contributed by atoms with Crippen molar-refractivity contribution in [3.05, 3.63) is 35.7 Å². The number of fused-ring (bicyclic) bond motifs is 3. The second-order valence-electron chi connectivity index (χ2n) is 7.40. The maximum Gasteiger partial charge on any atom is 0.420 e. The molecule has 3 N–H and O–H groups in total. The Bertz CT molecular complexity index is 1350. The van der Waals surface area contributed by atoms with E-state index in [1.165, 1.54) is 10.6 Å². The lowest BCUT2D eigenvalue weighted by Crippen LogP contribution is -2.44. The standard InChI is InChI=1S/C19H15F4N9/c20-9-4-10(7-25-6-9)27-18-26-8-12(19(21,22)23)15(28-18)16-14-13-3-1-2-11(5-24)32(13)31-17(14)30-29-16/h1-3,8-10,25H,4,6-7H2,(H,30,31)(H,26,27,28)/t9-,10-/m0/s1. The number of aromatic nitrogens is 6. The maximum absolute atomic E-state index is 13.8. The Morgan fingerprint density at radius 2 is 2.06 bits per heavy atom. The van der Waals surface area contributed by atoms with Gasteiger partial charge in [-0.2, -0.15) is 23.5 Å². The summed E-state index contributed by atoms with van der Waals surface area (Å²) in [5, 5.41) is 26.3. The summed E-state index contributed by atoms with van der Waals surface area (Å²) in [7, 11) is 0. The number of hydrogen-bond acceptors (Lipinski definition) is 7. The second-order valence-corrected chi connectivity index (χ2v) is 7.40. The van der Waals surface area contributed by atoms with Crippen LogP contribution in [0.25, 0.3) is 27.9 Å². The minimum absolute atomic E-state index is 0.0702. The third-order valence-corrected chi connectivity index (χ3v) is 5.23. The number of nitriles is 1. The van der Waals surface area contributed by atoms with Gasteiger partial charge in [0.15, 0.2) is 5.65 Å². The minimum atomic E-state index is -4.74. The van der Waals surface area contributed by atoms with E-state index in [4.69, 9.17) is 0 Å². The predicted molar refractivity (Wildman–Crippen MR) is 105 cm³/mol.